The normalized spacial score (nSPS) is 16.1. The summed E-state index contributed by atoms with van der Waals surface area (Å²) in [6.07, 6.45) is 6.49. The van der Waals surface area contributed by atoms with Gasteiger partial charge in [-0.2, -0.15) is 0 Å². The third-order valence-corrected chi connectivity index (χ3v) is 2.57. The van der Waals surface area contributed by atoms with Crippen LogP contribution in [0.15, 0.2) is 30.3 Å². The van der Waals surface area contributed by atoms with Crippen LogP contribution in [0.5, 0.6) is 0 Å². The first-order valence-corrected chi connectivity index (χ1v) is 5.57. The van der Waals surface area contributed by atoms with E-state index in [0.717, 1.165) is 12.0 Å². The lowest BCUT2D eigenvalue weighted by molar-refractivity contribution is 0.173. The molecule has 78 valence electrons. The minimum Gasteiger partial charge on any atom is -0.388 e. The fourth-order valence-corrected chi connectivity index (χ4v) is 1.16. The van der Waals surface area contributed by atoms with Gasteiger partial charge in [0.25, 0.3) is 0 Å². The lowest BCUT2D eigenvalue weighted by Gasteiger charge is -2.05. The van der Waals surface area contributed by atoms with Gasteiger partial charge in [0.2, 0.25) is 0 Å². The van der Waals surface area contributed by atoms with Gasteiger partial charge in [-0.05, 0) is 12.0 Å². The monoisotopic (exact) mass is 192 g/mol. The molecule has 0 saturated heterocycles. The van der Waals surface area contributed by atoms with Crippen molar-refractivity contribution in [1.29, 1.82) is 0 Å². The number of aliphatic hydroxyl groups is 1. The average Bonchev–Trinajstić information content (AvgIpc) is 2.15. The summed E-state index contributed by atoms with van der Waals surface area (Å²) in [5.74, 6) is 0. The lowest BCUT2D eigenvalue weighted by atomic mass is 10.0. The Labute approximate surface area is 86.8 Å². The van der Waals surface area contributed by atoms with Crippen LogP contribution in [0, 0.1) is 0 Å². The molecule has 0 spiro atoms. The first-order valence-electron chi connectivity index (χ1n) is 5.57. The van der Waals surface area contributed by atoms with Gasteiger partial charge in [-0.3, -0.25) is 0 Å². The Morgan fingerprint density at radius 1 is 1.07 bits per heavy atom. The molecule has 0 amide bonds. The second-order valence-corrected chi connectivity index (χ2v) is 3.75. The van der Waals surface area contributed by atoms with Crippen LogP contribution in [0.4, 0.5) is 0 Å². The molecule has 1 aliphatic carbocycles. The highest BCUT2D eigenvalue weighted by Gasteiger charge is 2.00. The van der Waals surface area contributed by atoms with E-state index in [4.69, 9.17) is 0 Å². The third kappa shape index (κ3) is 3.93. The fourth-order valence-electron chi connectivity index (χ4n) is 1.16. The Hall–Kier alpha value is -0.820. The fraction of sp³-hybridized carbons (Fsp3) is 0.538. The van der Waals surface area contributed by atoms with Crippen molar-refractivity contribution in [1.82, 2.24) is 0 Å². The summed E-state index contributed by atoms with van der Waals surface area (Å²) in [4.78, 5) is 0. The SMILES string of the molecule is C1CCC1.CCC(O)c1ccccc1. The number of hydrogen-bond acceptors (Lipinski definition) is 1. The highest BCUT2D eigenvalue weighted by atomic mass is 16.3. The molecule has 1 nitrogen and oxygen atoms in total. The molecule has 1 aromatic carbocycles. The minimum absolute atomic E-state index is 0.291. The molecule has 2 rings (SSSR count). The Kier molecular flexibility index (Phi) is 5.31. The van der Waals surface area contributed by atoms with E-state index < -0.39 is 0 Å². The van der Waals surface area contributed by atoms with Crippen LogP contribution in [0.25, 0.3) is 0 Å². The predicted molar refractivity (Wildman–Crippen MR) is 60.2 cm³/mol. The summed E-state index contributed by atoms with van der Waals surface area (Å²) in [6.45, 7) is 1.97. The van der Waals surface area contributed by atoms with Crippen molar-refractivity contribution in [2.75, 3.05) is 0 Å². The largest absolute Gasteiger partial charge is 0.388 e. The summed E-state index contributed by atoms with van der Waals surface area (Å²) in [5, 5.41) is 9.33. The molecule has 0 bridgehead atoms. The van der Waals surface area contributed by atoms with Gasteiger partial charge in [0.05, 0.1) is 6.10 Å². The van der Waals surface area contributed by atoms with Crippen LogP contribution in [-0.2, 0) is 0 Å². The number of hydrogen-bond donors (Lipinski definition) is 1. The Bertz CT molecular complexity index is 222. The maximum Gasteiger partial charge on any atom is 0.0787 e. The minimum atomic E-state index is -0.291. The van der Waals surface area contributed by atoms with Crippen molar-refractivity contribution in [2.24, 2.45) is 0 Å². The molecule has 14 heavy (non-hydrogen) atoms. The quantitative estimate of drug-likeness (QED) is 0.757. The third-order valence-electron chi connectivity index (χ3n) is 2.57. The lowest BCUT2D eigenvalue weighted by Crippen LogP contribution is -1.93. The van der Waals surface area contributed by atoms with Gasteiger partial charge >= 0.3 is 0 Å². The molecule has 1 fully saturated rings. The van der Waals surface area contributed by atoms with E-state index >= 15 is 0 Å². The summed E-state index contributed by atoms with van der Waals surface area (Å²) in [7, 11) is 0. The van der Waals surface area contributed by atoms with Gasteiger partial charge in [-0.25, -0.2) is 0 Å². The second-order valence-electron chi connectivity index (χ2n) is 3.75. The van der Waals surface area contributed by atoms with E-state index in [9.17, 15) is 5.11 Å². The molecule has 1 heteroatoms. The molecule has 0 aliphatic heterocycles. The first kappa shape index (κ1) is 11.3. The topological polar surface area (TPSA) is 20.2 Å². The van der Waals surface area contributed by atoms with Crippen molar-refractivity contribution in [3.8, 4) is 0 Å². The molecule has 0 aromatic heterocycles. The summed E-state index contributed by atoms with van der Waals surface area (Å²) in [5.41, 5.74) is 1.00. The highest BCUT2D eigenvalue weighted by molar-refractivity contribution is 5.16. The van der Waals surface area contributed by atoms with Gasteiger partial charge in [0, 0.05) is 0 Å². The zero-order valence-corrected chi connectivity index (χ0v) is 8.95. The Balaban J connectivity index is 0.000000203. The summed E-state index contributed by atoms with van der Waals surface area (Å²) >= 11 is 0. The first-order chi connectivity index (χ1) is 6.84. The smallest absolute Gasteiger partial charge is 0.0787 e. The molecular formula is C13H20O. The van der Waals surface area contributed by atoms with Gasteiger partial charge in [0.1, 0.15) is 0 Å². The summed E-state index contributed by atoms with van der Waals surface area (Å²) in [6, 6.07) is 9.70. The zero-order chi connectivity index (χ0) is 10.2. The molecule has 1 aliphatic rings. The van der Waals surface area contributed by atoms with E-state index in [1.807, 2.05) is 37.3 Å². The van der Waals surface area contributed by atoms with E-state index in [0.29, 0.717) is 0 Å². The molecule has 1 saturated carbocycles. The Morgan fingerprint density at radius 3 is 1.93 bits per heavy atom. The highest BCUT2D eigenvalue weighted by Crippen LogP contribution is 2.15. The van der Waals surface area contributed by atoms with Crippen LogP contribution in [0.1, 0.15) is 50.7 Å². The van der Waals surface area contributed by atoms with E-state index in [1.54, 1.807) is 0 Å². The molecular weight excluding hydrogens is 172 g/mol. The predicted octanol–water partition coefficient (Wildman–Crippen LogP) is 3.69. The van der Waals surface area contributed by atoms with Crippen molar-refractivity contribution in [2.45, 2.75) is 45.1 Å². The van der Waals surface area contributed by atoms with Crippen LogP contribution >= 0.6 is 0 Å². The van der Waals surface area contributed by atoms with Gasteiger partial charge < -0.3 is 5.11 Å². The maximum atomic E-state index is 9.33. The van der Waals surface area contributed by atoms with Crippen LogP contribution < -0.4 is 0 Å². The molecule has 0 radical (unpaired) electrons. The molecule has 0 heterocycles. The van der Waals surface area contributed by atoms with Crippen molar-refractivity contribution in [3.63, 3.8) is 0 Å². The molecule has 1 atom stereocenters. The van der Waals surface area contributed by atoms with Gasteiger partial charge in [-0.1, -0.05) is 62.9 Å². The van der Waals surface area contributed by atoms with Crippen molar-refractivity contribution in [3.05, 3.63) is 35.9 Å². The van der Waals surface area contributed by atoms with E-state index in [1.165, 1.54) is 25.7 Å². The van der Waals surface area contributed by atoms with Gasteiger partial charge in [-0.15, -0.1) is 0 Å². The standard InChI is InChI=1S/C9H12O.C4H8/c1-2-9(10)8-6-4-3-5-7-8;1-2-4-3-1/h3-7,9-10H,2H2,1H3;1-4H2. The van der Waals surface area contributed by atoms with E-state index in [2.05, 4.69) is 0 Å². The van der Waals surface area contributed by atoms with Crippen molar-refractivity contribution < 1.29 is 5.11 Å². The molecule has 1 unspecified atom stereocenters. The average molecular weight is 192 g/mol. The van der Waals surface area contributed by atoms with Crippen molar-refractivity contribution >= 4 is 0 Å². The molecule has 1 aromatic rings. The van der Waals surface area contributed by atoms with Crippen LogP contribution in [0.3, 0.4) is 0 Å². The van der Waals surface area contributed by atoms with Crippen LogP contribution in [0.2, 0.25) is 0 Å². The Morgan fingerprint density at radius 2 is 1.57 bits per heavy atom. The van der Waals surface area contributed by atoms with Crippen LogP contribution in [-0.4, -0.2) is 5.11 Å². The number of benzene rings is 1. The molecule has 1 N–H and O–H groups in total. The second kappa shape index (κ2) is 6.61. The maximum absolute atomic E-state index is 9.33. The van der Waals surface area contributed by atoms with Gasteiger partial charge in [0.15, 0.2) is 0 Å². The number of rotatable bonds is 2. The van der Waals surface area contributed by atoms with E-state index in [-0.39, 0.29) is 6.10 Å². The summed E-state index contributed by atoms with van der Waals surface area (Å²) < 4.78 is 0. The zero-order valence-electron chi connectivity index (χ0n) is 8.95. The number of aliphatic hydroxyl groups excluding tert-OH is 1.